The van der Waals surface area contributed by atoms with Crippen LogP contribution >= 0.6 is 11.3 Å². The minimum atomic E-state index is 1.19. The molecule has 0 radical (unpaired) electrons. The molecular formula is C34H21NS. The normalized spacial score (nSPS) is 11.9. The van der Waals surface area contributed by atoms with Crippen LogP contribution in [0, 0.1) is 0 Å². The van der Waals surface area contributed by atoms with E-state index in [0.717, 1.165) is 0 Å². The van der Waals surface area contributed by atoms with Gasteiger partial charge in [0.25, 0.3) is 0 Å². The quantitative estimate of drug-likeness (QED) is 0.256. The Labute approximate surface area is 212 Å². The van der Waals surface area contributed by atoms with Crippen molar-refractivity contribution in [2.45, 2.75) is 0 Å². The number of aromatic amines is 1. The summed E-state index contributed by atoms with van der Waals surface area (Å²) < 4.78 is 2.69. The second kappa shape index (κ2) is 7.55. The van der Waals surface area contributed by atoms with E-state index in [1.165, 1.54) is 75.0 Å². The second-order valence-corrected chi connectivity index (χ2v) is 10.4. The third-order valence-electron chi connectivity index (χ3n) is 7.42. The van der Waals surface area contributed by atoms with Crippen LogP contribution in [0.15, 0.2) is 121 Å². The van der Waals surface area contributed by atoms with Gasteiger partial charge in [-0.25, -0.2) is 0 Å². The van der Waals surface area contributed by atoms with Crippen molar-refractivity contribution in [1.29, 1.82) is 0 Å². The van der Waals surface area contributed by atoms with Gasteiger partial charge in [0, 0.05) is 47.6 Å². The number of nitrogens with one attached hydrogen (secondary N) is 1. The number of fused-ring (bicyclic) bond motifs is 8. The average Bonchev–Trinajstić information content (AvgIpc) is 3.52. The SMILES string of the molecule is c1ccc(-c2cccc3c2sc2c(-c4cccc5c4[nH]c4ccc6ccccc6c45)cccc23)cc1. The van der Waals surface area contributed by atoms with Gasteiger partial charge >= 0.3 is 0 Å². The maximum Gasteiger partial charge on any atom is 0.0545 e. The molecule has 8 aromatic rings. The summed E-state index contributed by atoms with van der Waals surface area (Å²) in [6, 6.07) is 44.0. The van der Waals surface area contributed by atoms with Crippen molar-refractivity contribution in [2.24, 2.45) is 0 Å². The van der Waals surface area contributed by atoms with Crippen LogP contribution in [0.4, 0.5) is 0 Å². The van der Waals surface area contributed by atoms with Gasteiger partial charge in [-0.3, -0.25) is 0 Å². The van der Waals surface area contributed by atoms with Crippen molar-refractivity contribution >= 4 is 64.1 Å². The Hall–Kier alpha value is -4.40. The highest BCUT2D eigenvalue weighted by Gasteiger charge is 2.17. The van der Waals surface area contributed by atoms with Crippen LogP contribution in [0.3, 0.4) is 0 Å². The predicted molar refractivity (Wildman–Crippen MR) is 157 cm³/mol. The lowest BCUT2D eigenvalue weighted by molar-refractivity contribution is 1.55. The standard InChI is InChI=1S/C34H21NS/c1-2-9-21(10-3-1)24-13-6-16-27-28-17-8-15-26(34(28)36-33(24)27)25-14-7-18-29-31-23-12-5-4-11-22(23)19-20-30(31)35-32(25)29/h1-20,35H. The summed E-state index contributed by atoms with van der Waals surface area (Å²) in [5.41, 5.74) is 7.50. The van der Waals surface area contributed by atoms with Gasteiger partial charge in [-0.2, -0.15) is 0 Å². The van der Waals surface area contributed by atoms with E-state index in [9.17, 15) is 0 Å². The summed E-state index contributed by atoms with van der Waals surface area (Å²) in [4.78, 5) is 3.78. The minimum Gasteiger partial charge on any atom is -0.354 e. The Morgan fingerprint density at radius 3 is 1.92 bits per heavy atom. The highest BCUT2D eigenvalue weighted by Crippen LogP contribution is 2.45. The molecule has 36 heavy (non-hydrogen) atoms. The Morgan fingerprint density at radius 2 is 1.08 bits per heavy atom. The smallest absolute Gasteiger partial charge is 0.0545 e. The Morgan fingerprint density at radius 1 is 0.444 bits per heavy atom. The molecule has 0 unspecified atom stereocenters. The Balaban J connectivity index is 1.45. The molecule has 0 aliphatic heterocycles. The molecule has 0 saturated heterocycles. The van der Waals surface area contributed by atoms with Crippen LogP contribution in [-0.4, -0.2) is 4.98 Å². The van der Waals surface area contributed by atoms with E-state index < -0.39 is 0 Å². The molecule has 0 spiro atoms. The molecule has 0 aliphatic carbocycles. The Kier molecular flexibility index (Phi) is 4.16. The zero-order valence-corrected chi connectivity index (χ0v) is 20.3. The van der Waals surface area contributed by atoms with Crippen molar-refractivity contribution in [3.8, 4) is 22.3 Å². The zero-order chi connectivity index (χ0) is 23.6. The fourth-order valence-corrected chi connectivity index (χ4v) is 7.16. The zero-order valence-electron chi connectivity index (χ0n) is 19.5. The molecule has 168 valence electrons. The lowest BCUT2D eigenvalue weighted by Crippen LogP contribution is -1.81. The summed E-state index contributed by atoms with van der Waals surface area (Å²) in [7, 11) is 0. The summed E-state index contributed by atoms with van der Waals surface area (Å²) >= 11 is 1.91. The summed E-state index contributed by atoms with van der Waals surface area (Å²) in [6.45, 7) is 0. The van der Waals surface area contributed by atoms with E-state index in [1.54, 1.807) is 0 Å². The third kappa shape index (κ3) is 2.76. The molecular weight excluding hydrogens is 454 g/mol. The highest BCUT2D eigenvalue weighted by atomic mass is 32.1. The van der Waals surface area contributed by atoms with Crippen LogP contribution in [0.25, 0.3) is 75.0 Å². The average molecular weight is 476 g/mol. The first-order chi connectivity index (χ1) is 17.9. The fourth-order valence-electron chi connectivity index (χ4n) is 5.80. The largest absolute Gasteiger partial charge is 0.354 e. The number of H-pyrrole nitrogens is 1. The molecule has 8 rings (SSSR count). The number of benzene rings is 6. The fraction of sp³-hybridized carbons (Fsp3) is 0. The summed E-state index contributed by atoms with van der Waals surface area (Å²) in [5, 5.41) is 7.81. The van der Waals surface area contributed by atoms with Crippen LogP contribution in [0.1, 0.15) is 0 Å². The van der Waals surface area contributed by atoms with E-state index in [4.69, 9.17) is 0 Å². The van der Waals surface area contributed by atoms with Crippen molar-refractivity contribution in [3.63, 3.8) is 0 Å². The van der Waals surface area contributed by atoms with Crippen molar-refractivity contribution in [3.05, 3.63) is 121 Å². The first kappa shape index (κ1) is 19.9. The number of para-hydroxylation sites is 1. The number of aromatic nitrogens is 1. The predicted octanol–water partition coefficient (Wildman–Crippen LogP) is 10.2. The monoisotopic (exact) mass is 475 g/mol. The van der Waals surface area contributed by atoms with Crippen molar-refractivity contribution in [2.75, 3.05) is 0 Å². The first-order valence-electron chi connectivity index (χ1n) is 12.3. The van der Waals surface area contributed by atoms with E-state index in [-0.39, 0.29) is 0 Å². The minimum absolute atomic E-state index is 1.19. The molecule has 2 heteroatoms. The van der Waals surface area contributed by atoms with E-state index in [0.29, 0.717) is 0 Å². The van der Waals surface area contributed by atoms with Crippen LogP contribution in [-0.2, 0) is 0 Å². The van der Waals surface area contributed by atoms with Gasteiger partial charge < -0.3 is 4.98 Å². The number of hydrogen-bond donors (Lipinski definition) is 1. The van der Waals surface area contributed by atoms with Gasteiger partial charge in [-0.05, 0) is 28.0 Å². The number of rotatable bonds is 2. The van der Waals surface area contributed by atoms with E-state index in [2.05, 4.69) is 126 Å². The maximum atomic E-state index is 3.78. The van der Waals surface area contributed by atoms with E-state index >= 15 is 0 Å². The lowest BCUT2D eigenvalue weighted by atomic mass is 9.98. The molecule has 0 bridgehead atoms. The topological polar surface area (TPSA) is 15.8 Å². The Bertz CT molecular complexity index is 2090. The van der Waals surface area contributed by atoms with Crippen molar-refractivity contribution < 1.29 is 0 Å². The summed E-state index contributed by atoms with van der Waals surface area (Å²) in [6.07, 6.45) is 0. The van der Waals surface area contributed by atoms with Gasteiger partial charge in [0.1, 0.15) is 0 Å². The van der Waals surface area contributed by atoms with Gasteiger partial charge in [-0.1, -0.05) is 115 Å². The van der Waals surface area contributed by atoms with Gasteiger partial charge in [0.2, 0.25) is 0 Å². The van der Waals surface area contributed by atoms with Crippen LogP contribution < -0.4 is 0 Å². The maximum absolute atomic E-state index is 3.78. The van der Waals surface area contributed by atoms with Crippen LogP contribution in [0.5, 0.6) is 0 Å². The molecule has 1 nitrogen and oxygen atoms in total. The molecule has 0 fully saturated rings. The molecule has 0 aliphatic rings. The molecule has 2 heterocycles. The molecule has 6 aromatic carbocycles. The molecule has 0 saturated carbocycles. The van der Waals surface area contributed by atoms with Crippen LogP contribution in [0.2, 0.25) is 0 Å². The van der Waals surface area contributed by atoms with Crippen molar-refractivity contribution in [1.82, 2.24) is 4.98 Å². The van der Waals surface area contributed by atoms with Gasteiger partial charge in [0.05, 0.1) is 5.52 Å². The number of thiophene rings is 1. The lowest BCUT2D eigenvalue weighted by Gasteiger charge is -2.06. The molecule has 1 N–H and O–H groups in total. The molecule has 0 amide bonds. The molecule has 2 aromatic heterocycles. The van der Waals surface area contributed by atoms with E-state index in [1.807, 2.05) is 11.3 Å². The van der Waals surface area contributed by atoms with Gasteiger partial charge in [0.15, 0.2) is 0 Å². The summed E-state index contributed by atoms with van der Waals surface area (Å²) in [5.74, 6) is 0. The second-order valence-electron chi connectivity index (χ2n) is 9.39. The third-order valence-corrected chi connectivity index (χ3v) is 8.71. The van der Waals surface area contributed by atoms with Gasteiger partial charge in [-0.15, -0.1) is 11.3 Å². The molecule has 0 atom stereocenters. The first-order valence-corrected chi connectivity index (χ1v) is 13.1. The highest BCUT2D eigenvalue weighted by molar-refractivity contribution is 7.26. The number of hydrogen-bond acceptors (Lipinski definition) is 1.